The summed E-state index contributed by atoms with van der Waals surface area (Å²) < 4.78 is 0. The fraction of sp³-hybridized carbons (Fsp3) is 0.222. The summed E-state index contributed by atoms with van der Waals surface area (Å²) in [5.74, 6) is 0. The first-order valence-electron chi connectivity index (χ1n) is 7.35. The van der Waals surface area contributed by atoms with Gasteiger partial charge < -0.3 is 10.4 Å². The maximum absolute atomic E-state index is 10.9. The molecular weight excluding hydrogens is 276 g/mol. The quantitative estimate of drug-likeness (QED) is 0.831. The normalized spacial score (nSPS) is 14.9. The second-order valence-corrected chi connectivity index (χ2v) is 5.61. The first-order valence-corrected chi connectivity index (χ1v) is 7.35. The van der Waals surface area contributed by atoms with Crippen molar-refractivity contribution in [1.82, 2.24) is 5.32 Å². The molecule has 2 N–H and O–H groups in total. The number of carbonyl (C=O) groups is 1. The van der Waals surface area contributed by atoms with Crippen molar-refractivity contribution >= 4 is 11.8 Å². The molecule has 0 saturated heterocycles. The molecule has 0 aromatic heterocycles. The van der Waals surface area contributed by atoms with E-state index in [4.69, 9.17) is 10.1 Å². The molecule has 0 radical (unpaired) electrons. The SMILES string of the molecule is O=C(O)NC1(CN=C(c2ccccc2)c2ccccc2)CC1. The van der Waals surface area contributed by atoms with Crippen LogP contribution in [-0.2, 0) is 0 Å². The highest BCUT2D eigenvalue weighted by Crippen LogP contribution is 2.35. The molecule has 1 saturated carbocycles. The van der Waals surface area contributed by atoms with Crippen molar-refractivity contribution in [3.8, 4) is 0 Å². The molecule has 0 unspecified atom stereocenters. The van der Waals surface area contributed by atoms with Gasteiger partial charge in [-0.2, -0.15) is 0 Å². The van der Waals surface area contributed by atoms with Crippen molar-refractivity contribution in [2.45, 2.75) is 18.4 Å². The van der Waals surface area contributed by atoms with E-state index < -0.39 is 6.09 Å². The zero-order valence-corrected chi connectivity index (χ0v) is 12.2. The van der Waals surface area contributed by atoms with Crippen LogP contribution in [0.2, 0.25) is 0 Å². The molecular formula is C18H18N2O2. The number of amides is 1. The fourth-order valence-corrected chi connectivity index (χ4v) is 2.47. The molecule has 112 valence electrons. The van der Waals surface area contributed by atoms with Gasteiger partial charge in [0.2, 0.25) is 0 Å². The Kier molecular flexibility index (Phi) is 3.92. The van der Waals surface area contributed by atoms with E-state index in [1.807, 2.05) is 60.7 Å². The van der Waals surface area contributed by atoms with Gasteiger partial charge in [0.15, 0.2) is 0 Å². The van der Waals surface area contributed by atoms with Gasteiger partial charge in [-0.3, -0.25) is 4.99 Å². The lowest BCUT2D eigenvalue weighted by atomic mass is 10.0. The molecule has 3 rings (SSSR count). The Balaban J connectivity index is 1.89. The van der Waals surface area contributed by atoms with Crippen LogP contribution < -0.4 is 5.32 Å². The van der Waals surface area contributed by atoms with E-state index in [0.717, 1.165) is 29.7 Å². The van der Waals surface area contributed by atoms with Crippen LogP contribution in [-0.4, -0.2) is 29.0 Å². The lowest BCUT2D eigenvalue weighted by Gasteiger charge is -2.14. The Morgan fingerprint density at radius 3 is 1.91 bits per heavy atom. The molecule has 2 aromatic rings. The number of hydrogen-bond donors (Lipinski definition) is 2. The van der Waals surface area contributed by atoms with E-state index in [0.29, 0.717) is 6.54 Å². The molecule has 4 nitrogen and oxygen atoms in total. The Hall–Kier alpha value is -2.62. The van der Waals surface area contributed by atoms with Gasteiger partial charge in [-0.05, 0) is 12.8 Å². The second kappa shape index (κ2) is 6.02. The Morgan fingerprint density at radius 1 is 1.00 bits per heavy atom. The van der Waals surface area contributed by atoms with Crippen LogP contribution in [0, 0.1) is 0 Å². The third-order valence-corrected chi connectivity index (χ3v) is 3.86. The van der Waals surface area contributed by atoms with Crippen LogP contribution in [0.25, 0.3) is 0 Å². The summed E-state index contributed by atoms with van der Waals surface area (Å²) >= 11 is 0. The van der Waals surface area contributed by atoms with Gasteiger partial charge in [-0.25, -0.2) is 4.79 Å². The Labute approximate surface area is 129 Å². The van der Waals surface area contributed by atoms with E-state index in [1.165, 1.54) is 0 Å². The standard InChI is InChI=1S/C18H18N2O2/c21-17(22)20-18(11-12-18)13-19-16(14-7-3-1-4-8-14)15-9-5-2-6-10-15/h1-10,20H,11-13H2,(H,21,22). The minimum absolute atomic E-state index is 0.374. The van der Waals surface area contributed by atoms with Crippen LogP contribution in [0.5, 0.6) is 0 Å². The first-order chi connectivity index (χ1) is 10.7. The van der Waals surface area contributed by atoms with Crippen LogP contribution in [0.15, 0.2) is 65.7 Å². The van der Waals surface area contributed by atoms with Crippen molar-refractivity contribution in [2.24, 2.45) is 4.99 Å². The third kappa shape index (κ3) is 3.34. The molecule has 22 heavy (non-hydrogen) atoms. The summed E-state index contributed by atoms with van der Waals surface area (Å²) in [4.78, 5) is 15.6. The number of aliphatic imine (C=N–C) groups is 1. The van der Waals surface area contributed by atoms with E-state index >= 15 is 0 Å². The highest BCUT2D eigenvalue weighted by Gasteiger charge is 2.44. The van der Waals surface area contributed by atoms with Crippen molar-refractivity contribution in [1.29, 1.82) is 0 Å². The predicted octanol–water partition coefficient (Wildman–Crippen LogP) is 3.32. The lowest BCUT2D eigenvalue weighted by Crippen LogP contribution is -2.38. The largest absolute Gasteiger partial charge is 0.465 e. The van der Waals surface area contributed by atoms with E-state index in [-0.39, 0.29) is 5.54 Å². The van der Waals surface area contributed by atoms with Gasteiger partial charge in [0.25, 0.3) is 0 Å². The van der Waals surface area contributed by atoms with Gasteiger partial charge in [0.05, 0.1) is 17.8 Å². The minimum atomic E-state index is -0.978. The summed E-state index contributed by atoms with van der Waals surface area (Å²) in [6.07, 6.45) is 0.716. The molecule has 1 aliphatic rings. The summed E-state index contributed by atoms with van der Waals surface area (Å²) in [6.45, 7) is 0.471. The summed E-state index contributed by atoms with van der Waals surface area (Å²) in [5.41, 5.74) is 2.61. The van der Waals surface area contributed by atoms with E-state index in [2.05, 4.69) is 5.32 Å². The molecule has 0 aliphatic heterocycles. The molecule has 0 bridgehead atoms. The van der Waals surface area contributed by atoms with Crippen LogP contribution in [0.1, 0.15) is 24.0 Å². The van der Waals surface area contributed by atoms with Gasteiger partial charge >= 0.3 is 6.09 Å². The van der Waals surface area contributed by atoms with E-state index in [9.17, 15) is 4.79 Å². The average molecular weight is 294 g/mol. The Bertz CT molecular complexity index is 635. The number of carboxylic acid groups (broad SMARTS) is 1. The molecule has 1 aliphatic carbocycles. The van der Waals surface area contributed by atoms with Crippen molar-refractivity contribution in [3.63, 3.8) is 0 Å². The smallest absolute Gasteiger partial charge is 0.405 e. The van der Waals surface area contributed by atoms with Gasteiger partial charge in [-0.15, -0.1) is 0 Å². The first kappa shape index (κ1) is 14.3. The van der Waals surface area contributed by atoms with Gasteiger partial charge in [0.1, 0.15) is 0 Å². The van der Waals surface area contributed by atoms with Crippen LogP contribution >= 0.6 is 0 Å². The monoisotopic (exact) mass is 294 g/mol. The number of benzene rings is 2. The summed E-state index contributed by atoms with van der Waals surface area (Å²) in [7, 11) is 0. The molecule has 1 fully saturated rings. The second-order valence-electron chi connectivity index (χ2n) is 5.61. The summed E-state index contributed by atoms with van der Waals surface area (Å²) in [6, 6.07) is 20.0. The maximum Gasteiger partial charge on any atom is 0.405 e. The number of rotatable bonds is 5. The third-order valence-electron chi connectivity index (χ3n) is 3.86. The zero-order valence-electron chi connectivity index (χ0n) is 12.2. The molecule has 4 heteroatoms. The average Bonchev–Trinajstić information content (AvgIpc) is 3.28. The molecule has 0 atom stereocenters. The zero-order chi connectivity index (χ0) is 15.4. The topological polar surface area (TPSA) is 61.7 Å². The molecule has 2 aromatic carbocycles. The van der Waals surface area contributed by atoms with Gasteiger partial charge in [0, 0.05) is 11.1 Å². The van der Waals surface area contributed by atoms with Crippen molar-refractivity contribution in [2.75, 3.05) is 6.54 Å². The summed E-state index contributed by atoms with van der Waals surface area (Å²) in [5, 5.41) is 11.5. The Morgan fingerprint density at radius 2 is 1.50 bits per heavy atom. The van der Waals surface area contributed by atoms with Crippen molar-refractivity contribution in [3.05, 3.63) is 71.8 Å². The van der Waals surface area contributed by atoms with Crippen LogP contribution in [0.4, 0.5) is 4.79 Å². The van der Waals surface area contributed by atoms with E-state index in [1.54, 1.807) is 0 Å². The van der Waals surface area contributed by atoms with Gasteiger partial charge in [-0.1, -0.05) is 60.7 Å². The number of hydrogen-bond acceptors (Lipinski definition) is 2. The fourth-order valence-electron chi connectivity index (χ4n) is 2.47. The molecule has 1 amide bonds. The molecule has 0 spiro atoms. The number of nitrogens with one attached hydrogen (secondary N) is 1. The van der Waals surface area contributed by atoms with Crippen LogP contribution in [0.3, 0.4) is 0 Å². The van der Waals surface area contributed by atoms with Crippen molar-refractivity contribution < 1.29 is 9.90 Å². The predicted molar refractivity (Wildman–Crippen MR) is 86.5 cm³/mol. The minimum Gasteiger partial charge on any atom is -0.465 e. The highest BCUT2D eigenvalue weighted by atomic mass is 16.4. The maximum atomic E-state index is 10.9. The highest BCUT2D eigenvalue weighted by molar-refractivity contribution is 6.12. The number of nitrogens with zero attached hydrogens (tertiary/aromatic N) is 1. The molecule has 0 heterocycles. The lowest BCUT2D eigenvalue weighted by molar-refractivity contribution is 0.189.